The highest BCUT2D eigenvalue weighted by atomic mass is 16.5. The molecule has 0 aliphatic rings. The van der Waals surface area contributed by atoms with Crippen LogP contribution in [0.4, 0.5) is 0 Å². The minimum absolute atomic E-state index is 0.273. The Morgan fingerprint density at radius 1 is 1.28 bits per heavy atom. The van der Waals surface area contributed by atoms with Crippen molar-refractivity contribution in [3.63, 3.8) is 0 Å². The van der Waals surface area contributed by atoms with Crippen LogP contribution in [0.3, 0.4) is 0 Å². The summed E-state index contributed by atoms with van der Waals surface area (Å²) < 4.78 is 10.2. The molecule has 2 aromatic rings. The van der Waals surface area contributed by atoms with Crippen LogP contribution in [0.5, 0.6) is 0 Å². The summed E-state index contributed by atoms with van der Waals surface area (Å²) in [5, 5.41) is 11.0. The molecule has 1 aromatic heterocycles. The van der Waals surface area contributed by atoms with Crippen molar-refractivity contribution in [1.82, 2.24) is 4.98 Å². The Morgan fingerprint density at radius 3 is 3.00 bits per heavy atom. The summed E-state index contributed by atoms with van der Waals surface area (Å²) in [6.45, 7) is 1.30. The largest absolute Gasteiger partial charge is 0.386 e. The Bertz CT molecular complexity index is 501. The highest BCUT2D eigenvalue weighted by Crippen LogP contribution is 2.19. The van der Waals surface area contributed by atoms with Crippen molar-refractivity contribution in [1.29, 1.82) is 0 Å². The summed E-state index contributed by atoms with van der Waals surface area (Å²) in [6, 6.07) is 9.58. The van der Waals surface area contributed by atoms with E-state index in [1.54, 1.807) is 13.3 Å². The molecule has 0 aliphatic carbocycles. The van der Waals surface area contributed by atoms with Crippen LogP contribution in [-0.4, -0.2) is 37.0 Å². The SMILES string of the molecule is COCCOCC(O)c1ccc2ncccc2c1. The van der Waals surface area contributed by atoms with Gasteiger partial charge in [-0.3, -0.25) is 4.98 Å². The molecular formula is C14H17NO3. The fourth-order valence-electron chi connectivity index (χ4n) is 1.73. The smallest absolute Gasteiger partial charge is 0.102 e. The topological polar surface area (TPSA) is 51.6 Å². The molecule has 18 heavy (non-hydrogen) atoms. The Kier molecular flexibility index (Phi) is 4.64. The first-order valence-electron chi connectivity index (χ1n) is 5.90. The lowest BCUT2D eigenvalue weighted by molar-refractivity contribution is 0.0126. The van der Waals surface area contributed by atoms with Gasteiger partial charge >= 0.3 is 0 Å². The summed E-state index contributed by atoms with van der Waals surface area (Å²) in [5.74, 6) is 0. The van der Waals surface area contributed by atoms with Crippen molar-refractivity contribution in [2.24, 2.45) is 0 Å². The van der Waals surface area contributed by atoms with Gasteiger partial charge in [0.2, 0.25) is 0 Å². The molecule has 1 N–H and O–H groups in total. The summed E-state index contributed by atoms with van der Waals surface area (Å²) in [4.78, 5) is 4.24. The lowest BCUT2D eigenvalue weighted by atomic mass is 10.1. The molecule has 0 bridgehead atoms. The summed E-state index contributed by atoms with van der Waals surface area (Å²) >= 11 is 0. The van der Waals surface area contributed by atoms with E-state index in [1.165, 1.54) is 0 Å². The maximum Gasteiger partial charge on any atom is 0.102 e. The van der Waals surface area contributed by atoms with Crippen LogP contribution in [0.2, 0.25) is 0 Å². The molecule has 4 nitrogen and oxygen atoms in total. The molecule has 0 aliphatic heterocycles. The molecule has 1 aromatic carbocycles. The van der Waals surface area contributed by atoms with Crippen molar-refractivity contribution in [2.75, 3.05) is 26.9 Å². The van der Waals surface area contributed by atoms with Gasteiger partial charge in [0.25, 0.3) is 0 Å². The minimum Gasteiger partial charge on any atom is -0.386 e. The van der Waals surface area contributed by atoms with Gasteiger partial charge in [-0.1, -0.05) is 12.1 Å². The van der Waals surface area contributed by atoms with Gasteiger partial charge in [-0.25, -0.2) is 0 Å². The van der Waals surface area contributed by atoms with E-state index in [4.69, 9.17) is 9.47 Å². The Balaban J connectivity index is 2.01. The van der Waals surface area contributed by atoms with Gasteiger partial charge in [-0.05, 0) is 23.8 Å². The van der Waals surface area contributed by atoms with Gasteiger partial charge in [-0.2, -0.15) is 0 Å². The third kappa shape index (κ3) is 3.26. The van der Waals surface area contributed by atoms with E-state index in [0.717, 1.165) is 16.5 Å². The van der Waals surface area contributed by atoms with Crippen molar-refractivity contribution < 1.29 is 14.6 Å². The number of benzene rings is 1. The van der Waals surface area contributed by atoms with Crippen LogP contribution in [0.1, 0.15) is 11.7 Å². The van der Waals surface area contributed by atoms with E-state index in [0.29, 0.717) is 13.2 Å². The summed E-state index contributed by atoms with van der Waals surface area (Å²) in [7, 11) is 1.62. The van der Waals surface area contributed by atoms with E-state index in [1.807, 2.05) is 30.3 Å². The Hall–Kier alpha value is -1.49. The molecule has 0 spiro atoms. The monoisotopic (exact) mass is 247 g/mol. The molecular weight excluding hydrogens is 230 g/mol. The number of hydrogen-bond acceptors (Lipinski definition) is 4. The maximum absolute atomic E-state index is 9.99. The van der Waals surface area contributed by atoms with E-state index < -0.39 is 6.10 Å². The lowest BCUT2D eigenvalue weighted by Gasteiger charge is -2.12. The molecule has 0 fully saturated rings. The van der Waals surface area contributed by atoms with Crippen LogP contribution in [0, 0.1) is 0 Å². The summed E-state index contributed by atoms with van der Waals surface area (Å²) in [5.41, 5.74) is 1.77. The molecule has 1 heterocycles. The van der Waals surface area contributed by atoms with Crippen LogP contribution in [0.25, 0.3) is 10.9 Å². The number of aliphatic hydroxyl groups excluding tert-OH is 1. The highest BCUT2D eigenvalue weighted by Gasteiger charge is 2.08. The highest BCUT2D eigenvalue weighted by molar-refractivity contribution is 5.78. The van der Waals surface area contributed by atoms with Crippen LogP contribution >= 0.6 is 0 Å². The predicted octanol–water partition coefficient (Wildman–Crippen LogP) is 1.93. The second kappa shape index (κ2) is 6.44. The molecule has 2 rings (SSSR count). The number of fused-ring (bicyclic) bond motifs is 1. The molecule has 1 unspecified atom stereocenters. The molecule has 1 atom stereocenters. The van der Waals surface area contributed by atoms with Crippen molar-refractivity contribution in [3.8, 4) is 0 Å². The van der Waals surface area contributed by atoms with E-state index in [9.17, 15) is 5.11 Å². The maximum atomic E-state index is 9.99. The number of rotatable bonds is 6. The van der Waals surface area contributed by atoms with E-state index in [-0.39, 0.29) is 6.61 Å². The quantitative estimate of drug-likeness (QED) is 0.792. The number of ether oxygens (including phenoxy) is 2. The van der Waals surface area contributed by atoms with Gasteiger partial charge in [0, 0.05) is 18.7 Å². The van der Waals surface area contributed by atoms with Crippen LogP contribution < -0.4 is 0 Å². The molecule has 0 saturated carbocycles. The Labute approximate surface area is 106 Å². The number of nitrogens with zero attached hydrogens (tertiary/aromatic N) is 1. The molecule has 96 valence electrons. The van der Waals surface area contributed by atoms with Crippen LogP contribution in [0.15, 0.2) is 36.5 Å². The van der Waals surface area contributed by atoms with Crippen molar-refractivity contribution in [2.45, 2.75) is 6.10 Å². The number of methoxy groups -OCH3 is 1. The number of aromatic nitrogens is 1. The first kappa shape index (κ1) is 13.0. The zero-order valence-corrected chi connectivity index (χ0v) is 10.4. The predicted molar refractivity (Wildman–Crippen MR) is 69.4 cm³/mol. The van der Waals surface area contributed by atoms with Gasteiger partial charge < -0.3 is 14.6 Å². The normalized spacial score (nSPS) is 12.8. The zero-order chi connectivity index (χ0) is 12.8. The number of pyridine rings is 1. The third-order valence-electron chi connectivity index (χ3n) is 2.72. The van der Waals surface area contributed by atoms with E-state index >= 15 is 0 Å². The molecule has 4 heteroatoms. The van der Waals surface area contributed by atoms with Crippen molar-refractivity contribution in [3.05, 3.63) is 42.1 Å². The van der Waals surface area contributed by atoms with Gasteiger partial charge in [0.05, 0.1) is 25.3 Å². The second-order valence-electron chi connectivity index (χ2n) is 4.04. The second-order valence-corrected chi connectivity index (χ2v) is 4.04. The van der Waals surface area contributed by atoms with E-state index in [2.05, 4.69) is 4.98 Å². The van der Waals surface area contributed by atoms with Gasteiger partial charge in [0.1, 0.15) is 6.10 Å². The van der Waals surface area contributed by atoms with Gasteiger partial charge in [0.15, 0.2) is 0 Å². The van der Waals surface area contributed by atoms with Crippen LogP contribution in [-0.2, 0) is 9.47 Å². The minimum atomic E-state index is -0.619. The number of aliphatic hydroxyl groups is 1. The average molecular weight is 247 g/mol. The average Bonchev–Trinajstić information content (AvgIpc) is 2.43. The molecule has 0 radical (unpaired) electrons. The number of hydrogen-bond donors (Lipinski definition) is 1. The standard InChI is InChI=1S/C14H17NO3/c1-17-7-8-18-10-14(16)12-4-5-13-11(9-12)3-2-6-15-13/h2-6,9,14,16H,7-8,10H2,1H3. The zero-order valence-electron chi connectivity index (χ0n) is 10.4. The van der Waals surface area contributed by atoms with Gasteiger partial charge in [-0.15, -0.1) is 0 Å². The fraction of sp³-hybridized carbons (Fsp3) is 0.357. The Morgan fingerprint density at radius 2 is 2.17 bits per heavy atom. The molecule has 0 saturated heterocycles. The first-order chi connectivity index (χ1) is 8.81. The first-order valence-corrected chi connectivity index (χ1v) is 5.90. The van der Waals surface area contributed by atoms with Crippen molar-refractivity contribution >= 4 is 10.9 Å². The molecule has 0 amide bonds. The lowest BCUT2D eigenvalue weighted by Crippen LogP contribution is -2.10. The third-order valence-corrected chi connectivity index (χ3v) is 2.72. The summed E-state index contributed by atoms with van der Waals surface area (Å²) in [6.07, 6.45) is 1.14. The fourth-order valence-corrected chi connectivity index (χ4v) is 1.73.